The summed E-state index contributed by atoms with van der Waals surface area (Å²) in [6.45, 7) is 2.09. The van der Waals surface area contributed by atoms with Gasteiger partial charge in [0, 0.05) is 6.07 Å². The van der Waals surface area contributed by atoms with E-state index in [9.17, 15) is 13.2 Å². The van der Waals surface area contributed by atoms with Gasteiger partial charge in [0.15, 0.2) is 0 Å². The summed E-state index contributed by atoms with van der Waals surface area (Å²) in [5, 5.41) is 8.45. The largest absolute Gasteiger partial charge is 0.497 e. The second-order valence-corrected chi connectivity index (χ2v) is 5.38. The van der Waals surface area contributed by atoms with Crippen LogP contribution in [0.3, 0.4) is 0 Å². The molecule has 0 fully saturated rings. The fourth-order valence-electron chi connectivity index (χ4n) is 1.59. The maximum absolute atomic E-state index is 12.4. The Kier molecular flexibility index (Phi) is 5.07. The quantitative estimate of drug-likeness (QED) is 0.877. The van der Waals surface area contributed by atoms with Crippen molar-refractivity contribution in [3.05, 3.63) is 29.3 Å². The minimum Gasteiger partial charge on any atom is -0.497 e. The summed E-state index contributed by atoms with van der Waals surface area (Å²) in [4.78, 5) is 0. The van der Waals surface area contributed by atoms with Crippen molar-refractivity contribution in [2.45, 2.75) is 19.2 Å². The number of methoxy groups -OCH3 is 1. The summed E-state index contributed by atoms with van der Waals surface area (Å²) in [6.07, 6.45) is -4.74. The number of aromatic nitrogens is 2. The van der Waals surface area contributed by atoms with E-state index in [1.807, 2.05) is 0 Å². The van der Waals surface area contributed by atoms with Gasteiger partial charge in [0.25, 0.3) is 0 Å². The van der Waals surface area contributed by atoms with E-state index in [0.29, 0.717) is 29.4 Å². The second kappa shape index (κ2) is 6.82. The molecule has 0 bridgehead atoms. The third kappa shape index (κ3) is 4.48. The Hall–Kier alpha value is -2.03. The molecule has 120 valence electrons. The maximum Gasteiger partial charge on any atom is 0.445 e. The summed E-state index contributed by atoms with van der Waals surface area (Å²) in [7, 11) is 1.55. The molecule has 0 spiro atoms. The predicted octanol–water partition coefficient (Wildman–Crippen LogP) is 3.44. The lowest BCUT2D eigenvalue weighted by molar-refractivity contribution is -0.138. The van der Waals surface area contributed by atoms with Crippen molar-refractivity contribution in [1.29, 1.82) is 0 Å². The molecule has 0 aliphatic rings. The zero-order valence-corrected chi connectivity index (χ0v) is 12.7. The molecule has 0 saturated heterocycles. The number of halogens is 3. The Morgan fingerprint density at radius 1 is 1.27 bits per heavy atom. The first-order valence-corrected chi connectivity index (χ1v) is 7.15. The monoisotopic (exact) mass is 333 g/mol. The van der Waals surface area contributed by atoms with Crippen molar-refractivity contribution >= 4 is 16.5 Å². The van der Waals surface area contributed by atoms with E-state index in [-0.39, 0.29) is 11.2 Å². The number of rotatable bonds is 6. The number of nitrogens with one attached hydrogen (secondary N) is 1. The third-order valence-corrected chi connectivity index (χ3v) is 3.51. The van der Waals surface area contributed by atoms with E-state index in [0.717, 1.165) is 0 Å². The molecule has 5 nitrogen and oxygen atoms in total. The van der Waals surface area contributed by atoms with Crippen LogP contribution < -0.4 is 14.8 Å². The Bertz CT molecular complexity index is 619. The van der Waals surface area contributed by atoms with E-state index < -0.39 is 11.2 Å². The van der Waals surface area contributed by atoms with Crippen molar-refractivity contribution in [3.63, 3.8) is 0 Å². The Balaban J connectivity index is 1.87. The summed E-state index contributed by atoms with van der Waals surface area (Å²) >= 11 is 0.460. The molecule has 0 saturated carbocycles. The van der Waals surface area contributed by atoms with Crippen molar-refractivity contribution in [2.75, 3.05) is 19.0 Å². The van der Waals surface area contributed by atoms with Gasteiger partial charge in [0.1, 0.15) is 17.6 Å². The SMILES string of the molecule is COc1cccc(OC(C)CNc2nnc(C(F)(F)F)s2)c1. The van der Waals surface area contributed by atoms with E-state index in [2.05, 4.69) is 15.5 Å². The standard InChI is InChI=1S/C13H14F3N3O2S/c1-8(21-10-5-3-4-9(6-10)20-2)7-17-12-19-18-11(22-12)13(14,15)16/h3-6,8H,7H2,1-2H3,(H,17,19). The summed E-state index contributed by atoms with van der Waals surface area (Å²) < 4.78 is 47.9. The zero-order chi connectivity index (χ0) is 16.2. The van der Waals surface area contributed by atoms with Crippen molar-refractivity contribution in [3.8, 4) is 11.5 Å². The number of alkyl halides is 3. The van der Waals surface area contributed by atoms with Gasteiger partial charge in [-0.25, -0.2) is 0 Å². The molecule has 1 unspecified atom stereocenters. The fraction of sp³-hybridized carbons (Fsp3) is 0.385. The number of hydrogen-bond donors (Lipinski definition) is 1. The first kappa shape index (κ1) is 16.3. The van der Waals surface area contributed by atoms with Crippen LogP contribution in [0, 0.1) is 0 Å². The highest BCUT2D eigenvalue weighted by Crippen LogP contribution is 2.33. The number of benzene rings is 1. The molecule has 1 aromatic carbocycles. The number of hydrogen-bond acceptors (Lipinski definition) is 6. The molecular formula is C13H14F3N3O2S. The topological polar surface area (TPSA) is 56.3 Å². The molecule has 22 heavy (non-hydrogen) atoms. The molecule has 1 N–H and O–H groups in total. The van der Waals surface area contributed by atoms with E-state index >= 15 is 0 Å². The Morgan fingerprint density at radius 3 is 2.64 bits per heavy atom. The van der Waals surface area contributed by atoms with Gasteiger partial charge in [-0.15, -0.1) is 10.2 Å². The summed E-state index contributed by atoms with van der Waals surface area (Å²) in [6, 6.07) is 7.07. The van der Waals surface area contributed by atoms with Gasteiger partial charge in [-0.05, 0) is 19.1 Å². The van der Waals surface area contributed by atoms with E-state index in [1.54, 1.807) is 38.3 Å². The normalized spacial score (nSPS) is 12.8. The highest BCUT2D eigenvalue weighted by Gasteiger charge is 2.35. The Morgan fingerprint density at radius 2 is 2.00 bits per heavy atom. The fourth-order valence-corrected chi connectivity index (χ4v) is 2.21. The molecule has 1 heterocycles. The van der Waals surface area contributed by atoms with Crippen LogP contribution in [0.15, 0.2) is 24.3 Å². The summed E-state index contributed by atoms with van der Waals surface area (Å²) in [5.74, 6) is 1.28. The highest BCUT2D eigenvalue weighted by atomic mass is 32.1. The van der Waals surface area contributed by atoms with Gasteiger partial charge in [-0.1, -0.05) is 17.4 Å². The van der Waals surface area contributed by atoms with Crippen molar-refractivity contribution in [2.24, 2.45) is 0 Å². The average molecular weight is 333 g/mol. The van der Waals surface area contributed by atoms with Gasteiger partial charge in [-0.2, -0.15) is 13.2 Å². The van der Waals surface area contributed by atoms with Gasteiger partial charge in [0.2, 0.25) is 10.1 Å². The molecule has 2 rings (SSSR count). The molecule has 9 heteroatoms. The minimum atomic E-state index is -4.47. The van der Waals surface area contributed by atoms with Crippen LogP contribution in [0.2, 0.25) is 0 Å². The van der Waals surface area contributed by atoms with Crippen molar-refractivity contribution in [1.82, 2.24) is 10.2 Å². The number of nitrogens with zero attached hydrogens (tertiary/aromatic N) is 2. The second-order valence-electron chi connectivity index (χ2n) is 4.40. The number of ether oxygens (including phenoxy) is 2. The third-order valence-electron chi connectivity index (χ3n) is 2.59. The smallest absolute Gasteiger partial charge is 0.445 e. The molecular weight excluding hydrogens is 319 g/mol. The Labute approximate surface area is 129 Å². The van der Waals surface area contributed by atoms with Crippen LogP contribution in [0.1, 0.15) is 11.9 Å². The average Bonchev–Trinajstić information content (AvgIpc) is 2.94. The molecule has 0 aliphatic carbocycles. The molecule has 0 aliphatic heterocycles. The maximum atomic E-state index is 12.4. The molecule has 1 atom stereocenters. The lowest BCUT2D eigenvalue weighted by Gasteiger charge is -2.15. The first-order valence-electron chi connectivity index (χ1n) is 6.34. The van der Waals surface area contributed by atoms with E-state index in [1.165, 1.54) is 0 Å². The van der Waals surface area contributed by atoms with E-state index in [4.69, 9.17) is 9.47 Å². The molecule has 0 amide bonds. The molecule has 1 aromatic heterocycles. The molecule has 2 aromatic rings. The lowest BCUT2D eigenvalue weighted by Crippen LogP contribution is -2.22. The van der Waals surface area contributed by atoms with Crippen LogP contribution in [-0.4, -0.2) is 30.0 Å². The van der Waals surface area contributed by atoms with Crippen LogP contribution in [0.25, 0.3) is 0 Å². The lowest BCUT2D eigenvalue weighted by atomic mass is 10.3. The number of anilines is 1. The predicted molar refractivity (Wildman–Crippen MR) is 76.5 cm³/mol. The van der Waals surface area contributed by atoms with Gasteiger partial charge in [-0.3, -0.25) is 0 Å². The van der Waals surface area contributed by atoms with Crippen LogP contribution >= 0.6 is 11.3 Å². The van der Waals surface area contributed by atoms with Gasteiger partial charge >= 0.3 is 6.18 Å². The zero-order valence-electron chi connectivity index (χ0n) is 11.8. The van der Waals surface area contributed by atoms with Crippen molar-refractivity contribution < 1.29 is 22.6 Å². The van der Waals surface area contributed by atoms with Gasteiger partial charge in [0.05, 0.1) is 13.7 Å². The van der Waals surface area contributed by atoms with Crippen LogP contribution in [-0.2, 0) is 6.18 Å². The summed E-state index contributed by atoms with van der Waals surface area (Å²) in [5.41, 5.74) is 0. The highest BCUT2D eigenvalue weighted by molar-refractivity contribution is 7.15. The minimum absolute atomic E-state index is 0.105. The van der Waals surface area contributed by atoms with Crippen LogP contribution in [0.5, 0.6) is 11.5 Å². The first-order chi connectivity index (χ1) is 10.4. The van der Waals surface area contributed by atoms with Crippen LogP contribution in [0.4, 0.5) is 18.3 Å². The van der Waals surface area contributed by atoms with Gasteiger partial charge < -0.3 is 14.8 Å². The molecule has 0 radical (unpaired) electrons.